The van der Waals surface area contributed by atoms with Crippen LogP contribution in [0.5, 0.6) is 0 Å². The maximum atomic E-state index is 11.4. The van der Waals surface area contributed by atoms with Crippen LogP contribution < -0.4 is 10.6 Å². The van der Waals surface area contributed by atoms with Gasteiger partial charge in [0, 0.05) is 13.1 Å². The first kappa shape index (κ1) is 12.7. The third kappa shape index (κ3) is 2.40. The molecular formula is C11H14N2O4S. The van der Waals surface area contributed by atoms with Crippen LogP contribution in [0.4, 0.5) is 11.4 Å². The second-order valence-electron chi connectivity index (χ2n) is 4.19. The topological polar surface area (TPSA) is 101 Å². The quantitative estimate of drug-likeness (QED) is 0.745. The molecule has 2 rings (SSSR count). The third-order valence-electron chi connectivity index (χ3n) is 2.96. The van der Waals surface area contributed by atoms with E-state index in [0.717, 1.165) is 0 Å². The Morgan fingerprint density at radius 3 is 2.44 bits per heavy atom. The largest absolute Gasteiger partial charge is 0.478 e. The molecule has 1 aliphatic rings. The first-order chi connectivity index (χ1) is 8.41. The minimum absolute atomic E-state index is 0.0282. The number of hydrogen-bond acceptors (Lipinski definition) is 5. The summed E-state index contributed by atoms with van der Waals surface area (Å²) in [6.45, 7) is 0.549. The van der Waals surface area contributed by atoms with Crippen LogP contribution in [0, 0.1) is 0 Å². The third-order valence-corrected chi connectivity index (χ3v) is 4.57. The summed E-state index contributed by atoms with van der Waals surface area (Å²) < 4.78 is 22.7. The molecule has 1 fully saturated rings. The highest BCUT2D eigenvalue weighted by Crippen LogP contribution is 2.29. The zero-order valence-corrected chi connectivity index (χ0v) is 10.5. The van der Waals surface area contributed by atoms with Crippen molar-refractivity contribution in [2.45, 2.75) is 0 Å². The van der Waals surface area contributed by atoms with E-state index in [-0.39, 0.29) is 30.2 Å². The minimum Gasteiger partial charge on any atom is -0.478 e. The highest BCUT2D eigenvalue weighted by molar-refractivity contribution is 7.91. The van der Waals surface area contributed by atoms with E-state index in [1.807, 2.05) is 0 Å². The van der Waals surface area contributed by atoms with Gasteiger partial charge in [-0.05, 0) is 12.1 Å². The Bertz CT molecular complexity index is 569. The number of nitrogens with zero attached hydrogens (tertiary/aromatic N) is 1. The molecule has 0 amide bonds. The first-order valence-electron chi connectivity index (χ1n) is 5.48. The number of carboxylic acids is 1. The van der Waals surface area contributed by atoms with Crippen LogP contribution in [0.2, 0.25) is 0 Å². The van der Waals surface area contributed by atoms with Gasteiger partial charge in [-0.15, -0.1) is 0 Å². The van der Waals surface area contributed by atoms with E-state index in [1.54, 1.807) is 17.0 Å². The number of nitrogen functional groups attached to an aromatic ring is 1. The van der Waals surface area contributed by atoms with Gasteiger partial charge in [-0.3, -0.25) is 0 Å². The smallest absolute Gasteiger partial charge is 0.337 e. The van der Waals surface area contributed by atoms with E-state index in [1.165, 1.54) is 6.07 Å². The summed E-state index contributed by atoms with van der Waals surface area (Å²) >= 11 is 0. The van der Waals surface area contributed by atoms with Crippen LogP contribution in [0.15, 0.2) is 18.2 Å². The standard InChI is InChI=1S/C11H14N2O4S/c12-9-3-1-2-8(11(14)15)10(9)13-4-6-18(16,17)7-5-13/h1-3H,4-7,12H2,(H,14,15). The van der Waals surface area contributed by atoms with Gasteiger partial charge in [0.25, 0.3) is 0 Å². The van der Waals surface area contributed by atoms with Crippen LogP contribution in [-0.2, 0) is 9.84 Å². The zero-order chi connectivity index (χ0) is 13.3. The van der Waals surface area contributed by atoms with Gasteiger partial charge in [0.2, 0.25) is 0 Å². The van der Waals surface area contributed by atoms with Gasteiger partial charge in [-0.25, -0.2) is 13.2 Å². The molecular weight excluding hydrogens is 256 g/mol. The van der Waals surface area contributed by atoms with Gasteiger partial charge in [0.1, 0.15) is 0 Å². The lowest BCUT2D eigenvalue weighted by Crippen LogP contribution is -2.41. The Balaban J connectivity index is 2.37. The monoisotopic (exact) mass is 270 g/mol. The average molecular weight is 270 g/mol. The molecule has 6 nitrogen and oxygen atoms in total. The molecule has 0 atom stereocenters. The lowest BCUT2D eigenvalue weighted by molar-refractivity contribution is 0.0697. The number of hydrogen-bond donors (Lipinski definition) is 2. The van der Waals surface area contributed by atoms with Crippen molar-refractivity contribution in [1.29, 1.82) is 0 Å². The number of benzene rings is 1. The normalized spacial score (nSPS) is 18.6. The molecule has 1 aromatic carbocycles. The molecule has 7 heteroatoms. The fourth-order valence-corrected chi connectivity index (χ4v) is 3.22. The molecule has 18 heavy (non-hydrogen) atoms. The second-order valence-corrected chi connectivity index (χ2v) is 6.49. The van der Waals surface area contributed by atoms with E-state index < -0.39 is 15.8 Å². The molecule has 0 radical (unpaired) electrons. The van der Waals surface area contributed by atoms with Crippen LogP contribution in [0.25, 0.3) is 0 Å². The van der Waals surface area contributed by atoms with Crippen molar-refractivity contribution in [3.05, 3.63) is 23.8 Å². The minimum atomic E-state index is -3.00. The fraction of sp³-hybridized carbons (Fsp3) is 0.364. The molecule has 3 N–H and O–H groups in total. The zero-order valence-electron chi connectivity index (χ0n) is 9.67. The van der Waals surface area contributed by atoms with E-state index in [4.69, 9.17) is 10.8 Å². The van der Waals surface area contributed by atoms with Crippen molar-refractivity contribution in [3.8, 4) is 0 Å². The number of aromatic carboxylic acids is 1. The van der Waals surface area contributed by atoms with Crippen LogP contribution in [-0.4, -0.2) is 44.1 Å². The number of carbonyl (C=O) groups is 1. The summed E-state index contributed by atoms with van der Waals surface area (Å²) in [5.41, 5.74) is 6.68. The Morgan fingerprint density at radius 2 is 1.89 bits per heavy atom. The van der Waals surface area contributed by atoms with Crippen LogP contribution >= 0.6 is 0 Å². The Kier molecular flexibility index (Phi) is 3.16. The summed E-state index contributed by atoms with van der Waals surface area (Å²) in [6.07, 6.45) is 0. The number of nitrogens with two attached hydrogens (primary N) is 1. The number of para-hydroxylation sites is 1. The highest BCUT2D eigenvalue weighted by Gasteiger charge is 2.26. The van der Waals surface area contributed by atoms with Crippen molar-refractivity contribution in [3.63, 3.8) is 0 Å². The number of anilines is 2. The molecule has 1 aromatic rings. The second kappa shape index (κ2) is 4.49. The maximum Gasteiger partial charge on any atom is 0.337 e. The number of sulfone groups is 1. The SMILES string of the molecule is Nc1cccc(C(=O)O)c1N1CCS(=O)(=O)CC1. The van der Waals surface area contributed by atoms with Crippen LogP contribution in [0.3, 0.4) is 0 Å². The first-order valence-corrected chi connectivity index (χ1v) is 7.30. The number of rotatable bonds is 2. The van der Waals surface area contributed by atoms with Crippen molar-refractivity contribution in [2.75, 3.05) is 35.2 Å². The van der Waals surface area contributed by atoms with E-state index in [9.17, 15) is 13.2 Å². The Labute approximate surface area is 105 Å². The predicted octanol–water partition coefficient (Wildman–Crippen LogP) is 0.202. The van der Waals surface area contributed by atoms with Gasteiger partial charge in [-0.2, -0.15) is 0 Å². The molecule has 1 aliphatic heterocycles. The Morgan fingerprint density at radius 1 is 1.28 bits per heavy atom. The van der Waals surface area contributed by atoms with Gasteiger partial charge >= 0.3 is 5.97 Å². The summed E-state index contributed by atoms with van der Waals surface area (Å²) in [7, 11) is -3.00. The van der Waals surface area contributed by atoms with Crippen molar-refractivity contribution in [1.82, 2.24) is 0 Å². The lowest BCUT2D eigenvalue weighted by atomic mass is 10.1. The molecule has 0 unspecified atom stereocenters. The molecule has 1 heterocycles. The van der Waals surface area contributed by atoms with Gasteiger partial charge in [0.05, 0.1) is 28.4 Å². The fourth-order valence-electron chi connectivity index (χ4n) is 2.02. The van der Waals surface area contributed by atoms with E-state index >= 15 is 0 Å². The van der Waals surface area contributed by atoms with Crippen molar-refractivity contribution in [2.24, 2.45) is 0 Å². The summed E-state index contributed by atoms with van der Waals surface area (Å²) in [5.74, 6) is -1.01. The van der Waals surface area contributed by atoms with Gasteiger partial charge < -0.3 is 15.7 Å². The molecule has 1 saturated heterocycles. The van der Waals surface area contributed by atoms with Gasteiger partial charge in [0.15, 0.2) is 9.84 Å². The van der Waals surface area contributed by atoms with E-state index in [2.05, 4.69) is 0 Å². The molecule has 0 spiro atoms. The molecule has 0 aliphatic carbocycles. The lowest BCUT2D eigenvalue weighted by Gasteiger charge is -2.30. The highest BCUT2D eigenvalue weighted by atomic mass is 32.2. The van der Waals surface area contributed by atoms with E-state index in [0.29, 0.717) is 11.4 Å². The maximum absolute atomic E-state index is 11.4. The number of carboxylic acid groups (broad SMARTS) is 1. The average Bonchev–Trinajstić information content (AvgIpc) is 2.29. The summed E-state index contributed by atoms with van der Waals surface area (Å²) in [4.78, 5) is 12.9. The predicted molar refractivity (Wildman–Crippen MR) is 68.7 cm³/mol. The van der Waals surface area contributed by atoms with Gasteiger partial charge in [-0.1, -0.05) is 6.07 Å². The van der Waals surface area contributed by atoms with Crippen molar-refractivity contribution >= 4 is 27.2 Å². The Hall–Kier alpha value is -1.76. The summed E-state index contributed by atoms with van der Waals surface area (Å²) in [6, 6.07) is 4.66. The molecule has 0 bridgehead atoms. The molecule has 0 aromatic heterocycles. The van der Waals surface area contributed by atoms with Crippen LogP contribution in [0.1, 0.15) is 10.4 Å². The molecule has 0 saturated carbocycles. The van der Waals surface area contributed by atoms with Crippen molar-refractivity contribution < 1.29 is 18.3 Å². The summed E-state index contributed by atoms with van der Waals surface area (Å²) in [5, 5.41) is 9.12. The molecule has 98 valence electrons.